The Morgan fingerprint density at radius 3 is 2.50 bits per heavy atom. The maximum Gasteiger partial charge on any atom is 0.410 e. The molecule has 0 spiro atoms. The average molecular weight is 327 g/mol. The molecule has 3 fully saturated rings. The van der Waals surface area contributed by atoms with E-state index in [-0.39, 0.29) is 17.6 Å². The van der Waals surface area contributed by atoms with Gasteiger partial charge in [-0.3, -0.25) is 0 Å². The highest BCUT2D eigenvalue weighted by Gasteiger charge is 2.67. The van der Waals surface area contributed by atoms with Gasteiger partial charge in [0, 0.05) is 21.6 Å². The summed E-state index contributed by atoms with van der Waals surface area (Å²) in [6.45, 7) is 5.24. The quantitative estimate of drug-likeness (QED) is 0.692. The van der Waals surface area contributed by atoms with Gasteiger partial charge in [-0.25, -0.2) is 4.79 Å². The highest BCUT2D eigenvalue weighted by molar-refractivity contribution is 9.10. The second kappa shape index (κ2) is 3.37. The molecule has 0 N–H and O–H groups in total. The van der Waals surface area contributed by atoms with Crippen LogP contribution in [0.25, 0.3) is 0 Å². The minimum Gasteiger partial charge on any atom is -0.450 e. The number of amides is 1. The fourth-order valence-electron chi connectivity index (χ4n) is 2.32. The second-order valence-corrected chi connectivity index (χ2v) is 6.10. The van der Waals surface area contributed by atoms with Crippen molar-refractivity contribution in [3.05, 3.63) is 0 Å². The number of hydrogen-bond acceptors (Lipinski definition) is 2. The van der Waals surface area contributed by atoms with Gasteiger partial charge < -0.3 is 9.64 Å². The molecule has 1 aliphatic carbocycles. The van der Waals surface area contributed by atoms with Gasteiger partial charge in [-0.2, -0.15) is 0 Å². The number of carbonyl (C=O) groups excluding carboxylic acids is 1. The molecule has 2 bridgehead atoms. The first kappa shape index (κ1) is 10.7. The molecule has 2 heterocycles. The summed E-state index contributed by atoms with van der Waals surface area (Å²) in [6, 6.07) is 0.249. The summed E-state index contributed by atoms with van der Waals surface area (Å²) in [6.07, 6.45) is -0.187. The van der Waals surface area contributed by atoms with Gasteiger partial charge >= 0.3 is 6.09 Å². The average Bonchev–Trinajstić information content (AvgIpc) is 2.57. The standard InChI is InChI=1S/C9H13Br2NO2/c1-3-14-8(13)12-4-9(2)6(10)5(12)7(9)11/h5-7H,3-4H2,1-2H3/t5?,6-,7+,9?. The van der Waals surface area contributed by atoms with Crippen molar-refractivity contribution in [2.24, 2.45) is 5.41 Å². The van der Waals surface area contributed by atoms with Gasteiger partial charge in [0.05, 0.1) is 12.6 Å². The van der Waals surface area contributed by atoms with E-state index in [4.69, 9.17) is 4.74 Å². The van der Waals surface area contributed by atoms with Crippen LogP contribution in [0.2, 0.25) is 0 Å². The van der Waals surface area contributed by atoms with Crippen molar-refractivity contribution in [1.29, 1.82) is 0 Å². The zero-order valence-electron chi connectivity index (χ0n) is 8.17. The summed E-state index contributed by atoms with van der Waals surface area (Å²) in [7, 11) is 0. The number of alkyl halides is 2. The van der Waals surface area contributed by atoms with Crippen molar-refractivity contribution in [3.63, 3.8) is 0 Å². The van der Waals surface area contributed by atoms with Gasteiger partial charge in [0.2, 0.25) is 0 Å². The van der Waals surface area contributed by atoms with Crippen LogP contribution in [-0.2, 0) is 4.74 Å². The van der Waals surface area contributed by atoms with E-state index < -0.39 is 0 Å². The first-order valence-corrected chi connectivity index (χ1v) is 6.57. The highest BCUT2D eigenvalue weighted by Crippen LogP contribution is 2.58. The predicted molar refractivity (Wildman–Crippen MR) is 61.1 cm³/mol. The van der Waals surface area contributed by atoms with Crippen LogP contribution in [-0.4, -0.2) is 39.8 Å². The summed E-state index contributed by atoms with van der Waals surface area (Å²) in [4.78, 5) is 14.2. The van der Waals surface area contributed by atoms with Crippen LogP contribution in [0.1, 0.15) is 13.8 Å². The zero-order chi connectivity index (χ0) is 10.5. The monoisotopic (exact) mass is 325 g/mol. The van der Waals surface area contributed by atoms with E-state index in [0.29, 0.717) is 16.3 Å². The molecule has 14 heavy (non-hydrogen) atoms. The lowest BCUT2D eigenvalue weighted by Gasteiger charge is -2.45. The van der Waals surface area contributed by atoms with E-state index in [9.17, 15) is 4.79 Å². The number of halogens is 2. The number of ether oxygens (including phenoxy) is 1. The Bertz CT molecular complexity index is 262. The topological polar surface area (TPSA) is 29.5 Å². The molecule has 0 aromatic heterocycles. The Kier molecular flexibility index (Phi) is 2.59. The SMILES string of the molecule is CCOC(=O)N1CC2(C)[C@H](Br)C1[C@@H]2Br. The van der Waals surface area contributed by atoms with Crippen LogP contribution in [0.5, 0.6) is 0 Å². The van der Waals surface area contributed by atoms with E-state index >= 15 is 0 Å². The van der Waals surface area contributed by atoms with Crippen LogP contribution >= 0.6 is 31.9 Å². The maximum atomic E-state index is 11.6. The van der Waals surface area contributed by atoms with Gasteiger partial charge in [-0.05, 0) is 6.92 Å². The molecular weight excluding hydrogens is 314 g/mol. The van der Waals surface area contributed by atoms with E-state index in [1.165, 1.54) is 0 Å². The molecule has 0 radical (unpaired) electrons. The lowest BCUT2D eigenvalue weighted by atomic mass is 9.71. The Labute approximate surface area is 100 Å². The third-order valence-electron chi connectivity index (χ3n) is 3.23. The molecule has 80 valence electrons. The number of fused-ring (bicyclic) bond motifs is 1. The van der Waals surface area contributed by atoms with Crippen LogP contribution in [0.4, 0.5) is 4.79 Å². The van der Waals surface area contributed by atoms with Gasteiger partial charge in [-0.1, -0.05) is 38.8 Å². The number of hydrogen-bond donors (Lipinski definition) is 0. The number of carbonyl (C=O) groups is 1. The van der Waals surface area contributed by atoms with Crippen molar-refractivity contribution in [1.82, 2.24) is 4.90 Å². The summed E-state index contributed by atoms with van der Waals surface area (Å²) in [5.41, 5.74) is 0.164. The third kappa shape index (κ3) is 1.18. The van der Waals surface area contributed by atoms with Crippen LogP contribution < -0.4 is 0 Å². The maximum absolute atomic E-state index is 11.6. The van der Waals surface area contributed by atoms with Crippen molar-refractivity contribution in [2.45, 2.75) is 29.5 Å². The van der Waals surface area contributed by atoms with Crippen molar-refractivity contribution in [2.75, 3.05) is 13.2 Å². The summed E-state index contributed by atoms with van der Waals surface area (Å²) in [5, 5.41) is 0. The molecule has 5 heteroatoms. The highest BCUT2D eigenvalue weighted by atomic mass is 79.9. The Morgan fingerprint density at radius 1 is 1.57 bits per heavy atom. The lowest BCUT2D eigenvalue weighted by Crippen LogP contribution is -2.57. The summed E-state index contributed by atoms with van der Waals surface area (Å²) < 4.78 is 5.01. The largest absolute Gasteiger partial charge is 0.450 e. The Hall–Kier alpha value is 0.230. The molecule has 1 amide bonds. The Morgan fingerprint density at radius 2 is 2.14 bits per heavy atom. The van der Waals surface area contributed by atoms with E-state index in [0.717, 1.165) is 6.54 Å². The molecule has 2 aliphatic heterocycles. The minimum atomic E-state index is -0.187. The zero-order valence-corrected chi connectivity index (χ0v) is 11.3. The fourth-order valence-corrected chi connectivity index (χ4v) is 5.12. The van der Waals surface area contributed by atoms with Crippen LogP contribution in [0.3, 0.4) is 0 Å². The molecule has 3 nitrogen and oxygen atoms in total. The smallest absolute Gasteiger partial charge is 0.410 e. The molecule has 0 aromatic carbocycles. The molecule has 2 unspecified atom stereocenters. The molecule has 0 aromatic rings. The number of nitrogens with zero attached hydrogens (tertiary/aromatic N) is 1. The Balaban J connectivity index is 2.09. The predicted octanol–water partition coefficient (Wildman–Crippen LogP) is 2.37. The third-order valence-corrected chi connectivity index (χ3v) is 6.41. The van der Waals surface area contributed by atoms with Gasteiger partial charge in [0.1, 0.15) is 0 Å². The molecule has 3 aliphatic rings. The second-order valence-electron chi connectivity index (χ2n) is 4.13. The van der Waals surface area contributed by atoms with E-state index in [2.05, 4.69) is 38.8 Å². The molecule has 3 rings (SSSR count). The molecular formula is C9H13Br2NO2. The van der Waals surface area contributed by atoms with Gasteiger partial charge in [0.25, 0.3) is 0 Å². The molecule has 4 atom stereocenters. The van der Waals surface area contributed by atoms with Crippen molar-refractivity contribution >= 4 is 38.0 Å². The molecule has 2 saturated heterocycles. The van der Waals surface area contributed by atoms with Crippen LogP contribution in [0.15, 0.2) is 0 Å². The minimum absolute atomic E-state index is 0.164. The first-order valence-electron chi connectivity index (χ1n) is 4.74. The first-order chi connectivity index (χ1) is 6.52. The summed E-state index contributed by atoms with van der Waals surface area (Å²) in [5.74, 6) is 0. The van der Waals surface area contributed by atoms with Crippen LogP contribution in [0, 0.1) is 5.41 Å². The van der Waals surface area contributed by atoms with Crippen molar-refractivity contribution in [3.8, 4) is 0 Å². The normalized spacial score (nSPS) is 44.9. The summed E-state index contributed by atoms with van der Waals surface area (Å²) >= 11 is 7.26. The van der Waals surface area contributed by atoms with E-state index in [1.54, 1.807) is 0 Å². The lowest BCUT2D eigenvalue weighted by molar-refractivity contribution is 0.107. The van der Waals surface area contributed by atoms with Gasteiger partial charge in [-0.15, -0.1) is 0 Å². The number of rotatable bonds is 1. The van der Waals surface area contributed by atoms with Gasteiger partial charge in [0.15, 0.2) is 0 Å². The fraction of sp³-hybridized carbons (Fsp3) is 0.889. The van der Waals surface area contributed by atoms with Crippen molar-refractivity contribution < 1.29 is 9.53 Å². The molecule has 1 saturated carbocycles. The van der Waals surface area contributed by atoms with E-state index in [1.807, 2.05) is 11.8 Å².